The van der Waals surface area contributed by atoms with Gasteiger partial charge in [-0.25, -0.2) is 0 Å². The highest BCUT2D eigenvalue weighted by Gasteiger charge is 2.19. The van der Waals surface area contributed by atoms with Gasteiger partial charge in [-0.05, 0) is 5.56 Å². The number of rotatable bonds is 3. The summed E-state index contributed by atoms with van der Waals surface area (Å²) in [5.74, 6) is 0. The van der Waals surface area contributed by atoms with E-state index < -0.39 is 6.10 Å². The van der Waals surface area contributed by atoms with Gasteiger partial charge in [-0.15, -0.1) is 0 Å². The van der Waals surface area contributed by atoms with Gasteiger partial charge in [-0.3, -0.25) is 4.79 Å². The number of hydrogen-bond donors (Lipinski definition) is 1. The Labute approximate surface area is 101 Å². The van der Waals surface area contributed by atoms with E-state index in [0.29, 0.717) is 0 Å². The highest BCUT2D eigenvalue weighted by atomic mass is 32.2. The summed E-state index contributed by atoms with van der Waals surface area (Å²) in [7, 11) is 0. The highest BCUT2D eigenvalue weighted by Crippen LogP contribution is 2.28. The summed E-state index contributed by atoms with van der Waals surface area (Å²) in [4.78, 5) is 11.6. The van der Waals surface area contributed by atoms with Gasteiger partial charge in [-0.1, -0.05) is 62.9 Å². The van der Waals surface area contributed by atoms with E-state index in [4.69, 9.17) is 0 Å². The van der Waals surface area contributed by atoms with Crippen molar-refractivity contribution in [3.05, 3.63) is 35.9 Å². The highest BCUT2D eigenvalue weighted by molar-refractivity contribution is 8.14. The Morgan fingerprint density at radius 3 is 2.38 bits per heavy atom. The van der Waals surface area contributed by atoms with Crippen molar-refractivity contribution in [2.75, 3.05) is 0 Å². The van der Waals surface area contributed by atoms with Gasteiger partial charge in [0.1, 0.15) is 0 Å². The number of aliphatic hydroxyl groups excluding tert-OH is 1. The maximum atomic E-state index is 11.6. The lowest BCUT2D eigenvalue weighted by atomic mass is 10.1. The number of thioether (sulfide) groups is 1. The lowest BCUT2D eigenvalue weighted by Crippen LogP contribution is -2.13. The molecule has 0 fully saturated rings. The van der Waals surface area contributed by atoms with E-state index in [-0.39, 0.29) is 16.3 Å². The number of carbonyl (C=O) groups is 1. The molecule has 0 aromatic heterocycles. The standard InChI is InChI=1S/C13H18O2S/c1-13(2,3)16-12(15)9-11(14)10-7-5-4-6-8-10/h4-8,11,14H,9H2,1-3H3/t11-/m0/s1. The van der Waals surface area contributed by atoms with E-state index in [2.05, 4.69) is 0 Å². The van der Waals surface area contributed by atoms with E-state index in [9.17, 15) is 9.90 Å². The van der Waals surface area contributed by atoms with E-state index in [0.717, 1.165) is 5.56 Å². The van der Waals surface area contributed by atoms with Gasteiger partial charge in [0.25, 0.3) is 0 Å². The SMILES string of the molecule is CC(C)(C)SC(=O)C[C@H](O)c1ccccc1. The first kappa shape index (κ1) is 13.3. The average Bonchev–Trinajstić information content (AvgIpc) is 2.16. The monoisotopic (exact) mass is 238 g/mol. The molecule has 0 bridgehead atoms. The van der Waals surface area contributed by atoms with Crippen molar-refractivity contribution in [3.8, 4) is 0 Å². The molecule has 0 unspecified atom stereocenters. The summed E-state index contributed by atoms with van der Waals surface area (Å²) < 4.78 is -0.0898. The molecule has 1 aromatic carbocycles. The molecule has 16 heavy (non-hydrogen) atoms. The lowest BCUT2D eigenvalue weighted by Gasteiger charge is -2.17. The van der Waals surface area contributed by atoms with Gasteiger partial charge in [-0.2, -0.15) is 0 Å². The second kappa shape index (κ2) is 5.51. The van der Waals surface area contributed by atoms with Gasteiger partial charge >= 0.3 is 0 Å². The maximum Gasteiger partial charge on any atom is 0.192 e. The minimum absolute atomic E-state index is 0.0313. The Morgan fingerprint density at radius 1 is 1.31 bits per heavy atom. The largest absolute Gasteiger partial charge is 0.388 e. The summed E-state index contributed by atoms with van der Waals surface area (Å²) in [5, 5.41) is 9.88. The summed E-state index contributed by atoms with van der Waals surface area (Å²) in [5.41, 5.74) is 0.797. The van der Waals surface area contributed by atoms with E-state index in [1.54, 1.807) is 0 Å². The Kier molecular flexibility index (Phi) is 4.56. The minimum atomic E-state index is -0.691. The van der Waals surface area contributed by atoms with E-state index in [1.807, 2.05) is 51.1 Å². The number of carbonyl (C=O) groups excluding carboxylic acids is 1. The fourth-order valence-electron chi connectivity index (χ4n) is 1.33. The maximum absolute atomic E-state index is 11.6. The number of benzene rings is 1. The van der Waals surface area contributed by atoms with Crippen molar-refractivity contribution in [2.45, 2.75) is 38.0 Å². The second-order valence-corrected chi connectivity index (χ2v) is 6.60. The van der Waals surface area contributed by atoms with Crippen LogP contribution in [0.5, 0.6) is 0 Å². The number of aliphatic hydroxyl groups is 1. The molecule has 0 aliphatic rings. The molecule has 0 heterocycles. The molecular weight excluding hydrogens is 220 g/mol. The van der Waals surface area contributed by atoms with Crippen molar-refractivity contribution >= 4 is 16.9 Å². The van der Waals surface area contributed by atoms with E-state index >= 15 is 0 Å². The third-order valence-electron chi connectivity index (χ3n) is 1.96. The molecule has 0 aliphatic carbocycles. The zero-order chi connectivity index (χ0) is 12.2. The van der Waals surface area contributed by atoms with Crippen LogP contribution in [-0.2, 0) is 4.79 Å². The lowest BCUT2D eigenvalue weighted by molar-refractivity contribution is -0.112. The minimum Gasteiger partial charge on any atom is -0.388 e. The molecule has 0 radical (unpaired) electrons. The Morgan fingerprint density at radius 2 is 1.88 bits per heavy atom. The first-order chi connectivity index (χ1) is 7.38. The smallest absolute Gasteiger partial charge is 0.192 e. The van der Waals surface area contributed by atoms with Crippen LogP contribution >= 0.6 is 11.8 Å². The molecule has 3 heteroatoms. The summed E-state index contributed by atoms with van der Waals surface area (Å²) in [6, 6.07) is 9.28. The van der Waals surface area contributed by atoms with Crippen LogP contribution in [0.2, 0.25) is 0 Å². The van der Waals surface area contributed by atoms with Crippen LogP contribution in [0.15, 0.2) is 30.3 Å². The van der Waals surface area contributed by atoms with Crippen LogP contribution in [0.1, 0.15) is 38.9 Å². The third kappa shape index (κ3) is 4.81. The van der Waals surface area contributed by atoms with Crippen LogP contribution < -0.4 is 0 Å². The topological polar surface area (TPSA) is 37.3 Å². The van der Waals surface area contributed by atoms with Crippen molar-refractivity contribution in [1.82, 2.24) is 0 Å². The Balaban J connectivity index is 2.52. The molecule has 1 N–H and O–H groups in total. The van der Waals surface area contributed by atoms with Crippen molar-refractivity contribution < 1.29 is 9.90 Å². The van der Waals surface area contributed by atoms with Crippen molar-refractivity contribution in [1.29, 1.82) is 0 Å². The molecule has 2 nitrogen and oxygen atoms in total. The Hall–Kier alpha value is -0.800. The van der Waals surface area contributed by atoms with Gasteiger partial charge in [0, 0.05) is 11.2 Å². The van der Waals surface area contributed by atoms with Crippen LogP contribution in [0.3, 0.4) is 0 Å². The number of hydrogen-bond acceptors (Lipinski definition) is 3. The van der Waals surface area contributed by atoms with Crippen molar-refractivity contribution in [3.63, 3.8) is 0 Å². The van der Waals surface area contributed by atoms with Crippen molar-refractivity contribution in [2.24, 2.45) is 0 Å². The molecular formula is C13H18O2S. The molecule has 1 rings (SSSR count). The molecule has 0 saturated heterocycles. The molecule has 1 aromatic rings. The first-order valence-corrected chi connectivity index (χ1v) is 6.15. The van der Waals surface area contributed by atoms with Gasteiger partial charge in [0.15, 0.2) is 5.12 Å². The molecule has 0 aliphatic heterocycles. The Bertz CT molecular complexity index is 341. The van der Waals surface area contributed by atoms with E-state index in [1.165, 1.54) is 11.8 Å². The molecule has 88 valence electrons. The average molecular weight is 238 g/mol. The summed E-state index contributed by atoms with van der Waals surface area (Å²) >= 11 is 1.28. The van der Waals surface area contributed by atoms with Crippen LogP contribution in [0, 0.1) is 0 Å². The summed E-state index contributed by atoms with van der Waals surface area (Å²) in [6.45, 7) is 5.97. The second-order valence-electron chi connectivity index (χ2n) is 4.72. The fourth-order valence-corrected chi connectivity index (χ4v) is 2.26. The van der Waals surface area contributed by atoms with Crippen LogP contribution in [0.4, 0.5) is 0 Å². The van der Waals surface area contributed by atoms with Gasteiger partial charge in [0.05, 0.1) is 6.10 Å². The summed E-state index contributed by atoms with van der Waals surface area (Å²) in [6.07, 6.45) is -0.519. The molecule has 1 atom stereocenters. The fraction of sp³-hybridized carbons (Fsp3) is 0.462. The van der Waals surface area contributed by atoms with Crippen LogP contribution in [-0.4, -0.2) is 15.0 Å². The molecule has 0 spiro atoms. The van der Waals surface area contributed by atoms with Gasteiger partial charge in [0.2, 0.25) is 0 Å². The third-order valence-corrected chi connectivity index (χ3v) is 2.97. The van der Waals surface area contributed by atoms with Crippen LogP contribution in [0.25, 0.3) is 0 Å². The molecule has 0 saturated carbocycles. The normalized spacial score (nSPS) is 13.5. The predicted molar refractivity (Wildman–Crippen MR) is 68.4 cm³/mol. The van der Waals surface area contributed by atoms with Gasteiger partial charge < -0.3 is 5.11 Å². The predicted octanol–water partition coefficient (Wildman–Crippen LogP) is 3.17. The first-order valence-electron chi connectivity index (χ1n) is 5.33. The zero-order valence-corrected chi connectivity index (χ0v) is 10.8. The quantitative estimate of drug-likeness (QED) is 0.879. The molecule has 0 amide bonds. The zero-order valence-electron chi connectivity index (χ0n) is 9.93.